The fraction of sp³-hybridized carbons (Fsp3) is 1.00. The normalized spacial score (nSPS) is 18.5. The maximum atomic E-state index is 9.29. The molecular formula is C10H22O. The summed E-state index contributed by atoms with van der Waals surface area (Å²) in [6.45, 7) is 13.3. The van der Waals surface area contributed by atoms with E-state index in [4.69, 9.17) is 0 Å². The van der Waals surface area contributed by atoms with Crippen molar-refractivity contribution in [2.75, 3.05) is 6.61 Å². The molecule has 1 unspecified atom stereocenters. The summed E-state index contributed by atoms with van der Waals surface area (Å²) in [6.07, 6.45) is 0. The van der Waals surface area contributed by atoms with Crippen molar-refractivity contribution in [1.29, 1.82) is 0 Å². The van der Waals surface area contributed by atoms with Crippen molar-refractivity contribution in [3.05, 3.63) is 0 Å². The summed E-state index contributed by atoms with van der Waals surface area (Å²) >= 11 is 0. The lowest BCUT2D eigenvalue weighted by molar-refractivity contribution is -0.00919. The van der Waals surface area contributed by atoms with E-state index in [1.807, 2.05) is 0 Å². The molecule has 0 saturated heterocycles. The van der Waals surface area contributed by atoms with Gasteiger partial charge in [0, 0.05) is 6.61 Å². The molecule has 0 spiro atoms. The van der Waals surface area contributed by atoms with Gasteiger partial charge in [0.05, 0.1) is 0 Å². The van der Waals surface area contributed by atoms with Crippen LogP contribution in [0.15, 0.2) is 0 Å². The molecule has 11 heavy (non-hydrogen) atoms. The molecule has 1 heteroatoms. The Balaban J connectivity index is 4.61. The van der Waals surface area contributed by atoms with Gasteiger partial charge in [0.15, 0.2) is 0 Å². The Labute approximate surface area is 70.8 Å². The third kappa shape index (κ3) is 1.96. The summed E-state index contributed by atoms with van der Waals surface area (Å²) in [5.41, 5.74) is 0.211. The van der Waals surface area contributed by atoms with Gasteiger partial charge in [-0.1, -0.05) is 41.5 Å². The van der Waals surface area contributed by atoms with Crippen LogP contribution in [0.4, 0.5) is 0 Å². The highest BCUT2D eigenvalue weighted by molar-refractivity contribution is 4.88. The first kappa shape index (κ1) is 11.0. The number of rotatable bonds is 2. The number of aliphatic hydroxyl groups is 1. The second kappa shape index (κ2) is 3.14. The van der Waals surface area contributed by atoms with Crippen molar-refractivity contribution in [3.63, 3.8) is 0 Å². The Morgan fingerprint density at radius 2 is 1.45 bits per heavy atom. The highest BCUT2D eigenvalue weighted by Crippen LogP contribution is 2.43. The largest absolute Gasteiger partial charge is 0.396 e. The van der Waals surface area contributed by atoms with Gasteiger partial charge < -0.3 is 5.11 Å². The molecule has 0 saturated carbocycles. The van der Waals surface area contributed by atoms with Crippen molar-refractivity contribution in [2.24, 2.45) is 16.7 Å². The molecule has 0 aliphatic heterocycles. The maximum Gasteiger partial charge on any atom is 0.0492 e. The van der Waals surface area contributed by atoms with Crippen LogP contribution in [-0.2, 0) is 0 Å². The first-order valence-corrected chi connectivity index (χ1v) is 4.36. The molecule has 0 aromatic heterocycles. The van der Waals surface area contributed by atoms with E-state index in [9.17, 15) is 5.11 Å². The monoisotopic (exact) mass is 158 g/mol. The quantitative estimate of drug-likeness (QED) is 0.655. The Morgan fingerprint density at radius 1 is 1.09 bits per heavy atom. The third-order valence-corrected chi connectivity index (χ3v) is 3.32. The molecule has 0 rings (SSSR count). The zero-order valence-corrected chi connectivity index (χ0v) is 8.73. The average Bonchev–Trinajstić information content (AvgIpc) is 1.83. The van der Waals surface area contributed by atoms with Crippen molar-refractivity contribution in [2.45, 2.75) is 41.5 Å². The average molecular weight is 158 g/mol. The van der Waals surface area contributed by atoms with Crippen LogP contribution in [-0.4, -0.2) is 11.7 Å². The lowest BCUT2D eigenvalue weighted by atomic mass is 9.62. The van der Waals surface area contributed by atoms with Crippen LogP contribution in [0.5, 0.6) is 0 Å². The van der Waals surface area contributed by atoms with E-state index in [0.717, 1.165) is 0 Å². The molecular weight excluding hydrogens is 136 g/mol. The highest BCUT2D eigenvalue weighted by Gasteiger charge is 2.39. The molecule has 0 amide bonds. The van der Waals surface area contributed by atoms with E-state index >= 15 is 0 Å². The summed E-state index contributed by atoms with van der Waals surface area (Å²) in [4.78, 5) is 0. The predicted molar refractivity (Wildman–Crippen MR) is 49.5 cm³/mol. The van der Waals surface area contributed by atoms with Crippen LogP contribution < -0.4 is 0 Å². The smallest absolute Gasteiger partial charge is 0.0492 e. The minimum absolute atomic E-state index is 0.0347. The van der Waals surface area contributed by atoms with E-state index in [2.05, 4.69) is 41.5 Å². The molecule has 0 radical (unpaired) electrons. The van der Waals surface area contributed by atoms with Gasteiger partial charge in [-0.3, -0.25) is 0 Å². The van der Waals surface area contributed by atoms with Gasteiger partial charge >= 0.3 is 0 Å². The number of hydrogen-bond acceptors (Lipinski definition) is 1. The topological polar surface area (TPSA) is 20.2 Å². The Bertz CT molecular complexity index is 121. The molecule has 1 atom stereocenters. The van der Waals surface area contributed by atoms with Crippen molar-refractivity contribution >= 4 is 0 Å². The first-order chi connectivity index (χ1) is 4.75. The first-order valence-electron chi connectivity index (χ1n) is 4.36. The van der Waals surface area contributed by atoms with Crippen molar-refractivity contribution < 1.29 is 5.11 Å². The van der Waals surface area contributed by atoms with E-state index in [1.54, 1.807) is 0 Å². The van der Waals surface area contributed by atoms with Gasteiger partial charge in [-0.25, -0.2) is 0 Å². The van der Waals surface area contributed by atoms with Crippen LogP contribution in [0, 0.1) is 16.7 Å². The maximum absolute atomic E-state index is 9.29. The Morgan fingerprint density at radius 3 is 1.45 bits per heavy atom. The lowest BCUT2D eigenvalue weighted by Crippen LogP contribution is -2.40. The summed E-state index contributed by atoms with van der Waals surface area (Å²) < 4.78 is 0. The van der Waals surface area contributed by atoms with Gasteiger partial charge in [0.25, 0.3) is 0 Å². The third-order valence-electron chi connectivity index (χ3n) is 3.32. The van der Waals surface area contributed by atoms with Crippen molar-refractivity contribution in [3.8, 4) is 0 Å². The van der Waals surface area contributed by atoms with E-state index in [0.29, 0.717) is 5.92 Å². The summed E-state index contributed by atoms with van der Waals surface area (Å²) in [6, 6.07) is 0. The van der Waals surface area contributed by atoms with Crippen LogP contribution in [0.25, 0.3) is 0 Å². The van der Waals surface area contributed by atoms with E-state index in [-0.39, 0.29) is 17.4 Å². The fourth-order valence-electron chi connectivity index (χ4n) is 1.29. The summed E-state index contributed by atoms with van der Waals surface area (Å²) in [5, 5.41) is 9.29. The molecule has 0 bridgehead atoms. The Kier molecular flexibility index (Phi) is 3.13. The molecule has 0 aromatic rings. The van der Waals surface area contributed by atoms with Crippen LogP contribution >= 0.6 is 0 Å². The molecule has 1 N–H and O–H groups in total. The molecule has 68 valence electrons. The highest BCUT2D eigenvalue weighted by atomic mass is 16.3. The standard InChI is InChI=1S/C10H22O/c1-8(2)10(6,7-11)9(3,4)5/h8,11H,7H2,1-6H3. The molecule has 1 nitrogen and oxygen atoms in total. The molecule has 0 fully saturated rings. The van der Waals surface area contributed by atoms with Gasteiger partial charge in [-0.2, -0.15) is 0 Å². The van der Waals surface area contributed by atoms with Crippen molar-refractivity contribution in [1.82, 2.24) is 0 Å². The fourth-order valence-corrected chi connectivity index (χ4v) is 1.29. The van der Waals surface area contributed by atoms with Gasteiger partial charge in [0.2, 0.25) is 0 Å². The minimum atomic E-state index is 0.0347. The Hall–Kier alpha value is -0.0400. The second-order valence-electron chi connectivity index (χ2n) is 4.98. The van der Waals surface area contributed by atoms with Gasteiger partial charge in [-0.15, -0.1) is 0 Å². The summed E-state index contributed by atoms with van der Waals surface area (Å²) in [5.74, 6) is 0.521. The molecule has 0 aromatic carbocycles. The van der Waals surface area contributed by atoms with Gasteiger partial charge in [-0.05, 0) is 16.7 Å². The second-order valence-corrected chi connectivity index (χ2v) is 4.98. The van der Waals surface area contributed by atoms with Crippen LogP contribution in [0.2, 0.25) is 0 Å². The summed E-state index contributed by atoms with van der Waals surface area (Å²) in [7, 11) is 0. The SMILES string of the molecule is CC(C)C(C)(CO)C(C)(C)C. The molecule has 0 heterocycles. The number of aliphatic hydroxyl groups excluding tert-OH is 1. The van der Waals surface area contributed by atoms with Crippen LogP contribution in [0.3, 0.4) is 0 Å². The van der Waals surface area contributed by atoms with Crippen LogP contribution in [0.1, 0.15) is 41.5 Å². The number of hydrogen-bond donors (Lipinski definition) is 1. The lowest BCUT2D eigenvalue weighted by Gasteiger charge is -2.44. The molecule has 0 aliphatic rings. The zero-order chi connectivity index (χ0) is 9.28. The molecule has 0 aliphatic carbocycles. The predicted octanol–water partition coefficient (Wildman–Crippen LogP) is 2.69. The minimum Gasteiger partial charge on any atom is -0.396 e. The van der Waals surface area contributed by atoms with E-state index < -0.39 is 0 Å². The van der Waals surface area contributed by atoms with E-state index in [1.165, 1.54) is 0 Å². The van der Waals surface area contributed by atoms with Gasteiger partial charge in [0.1, 0.15) is 0 Å². The zero-order valence-electron chi connectivity index (χ0n) is 8.73.